The van der Waals surface area contributed by atoms with Crippen LogP contribution in [0.1, 0.15) is 17.1 Å². The number of furan rings is 1. The van der Waals surface area contributed by atoms with Gasteiger partial charge in [0.2, 0.25) is 5.91 Å². The zero-order valence-electron chi connectivity index (χ0n) is 14.6. The molecule has 26 heavy (non-hydrogen) atoms. The van der Waals surface area contributed by atoms with Crippen LogP contribution >= 0.6 is 23.5 Å². The number of nitrogens with zero attached hydrogens (tertiary/aromatic N) is 3. The number of thioether (sulfide) groups is 2. The summed E-state index contributed by atoms with van der Waals surface area (Å²) in [6, 6.07) is 12.0. The number of hydrogen-bond acceptors (Lipinski definition) is 6. The number of aromatic nitrogens is 3. The normalized spacial score (nSPS) is 10.8. The van der Waals surface area contributed by atoms with Crippen molar-refractivity contribution in [2.45, 2.75) is 29.3 Å². The summed E-state index contributed by atoms with van der Waals surface area (Å²) in [5.41, 5.74) is 1.25. The van der Waals surface area contributed by atoms with Crippen LogP contribution in [0.2, 0.25) is 0 Å². The van der Waals surface area contributed by atoms with Crippen LogP contribution in [-0.4, -0.2) is 26.4 Å². The summed E-state index contributed by atoms with van der Waals surface area (Å²) in [5.74, 6) is 2.58. The molecule has 2 aromatic heterocycles. The Balaban J connectivity index is 1.47. The lowest BCUT2D eigenvalue weighted by atomic mass is 10.2. The van der Waals surface area contributed by atoms with Gasteiger partial charge in [-0.05, 0) is 31.2 Å². The van der Waals surface area contributed by atoms with E-state index in [0.717, 1.165) is 22.5 Å². The van der Waals surface area contributed by atoms with E-state index >= 15 is 0 Å². The Labute approximate surface area is 160 Å². The Morgan fingerprint density at radius 1 is 1.19 bits per heavy atom. The first kappa shape index (κ1) is 18.6. The Bertz CT molecular complexity index is 845. The van der Waals surface area contributed by atoms with Crippen molar-refractivity contribution in [2.24, 2.45) is 7.05 Å². The molecule has 1 aromatic carbocycles. The van der Waals surface area contributed by atoms with Crippen molar-refractivity contribution in [2.75, 3.05) is 5.75 Å². The number of benzene rings is 1. The molecular weight excluding hydrogens is 368 g/mol. The molecule has 0 atom stereocenters. The fraction of sp³-hybridized carbons (Fsp3) is 0.278. The van der Waals surface area contributed by atoms with E-state index in [2.05, 4.69) is 46.7 Å². The van der Waals surface area contributed by atoms with Crippen LogP contribution in [0.15, 0.2) is 57.1 Å². The van der Waals surface area contributed by atoms with Gasteiger partial charge in [0.15, 0.2) is 5.16 Å². The van der Waals surface area contributed by atoms with Gasteiger partial charge in [0.25, 0.3) is 0 Å². The summed E-state index contributed by atoms with van der Waals surface area (Å²) in [7, 11) is 1.92. The van der Waals surface area contributed by atoms with Crippen molar-refractivity contribution in [1.29, 1.82) is 0 Å². The molecule has 8 heteroatoms. The Morgan fingerprint density at radius 2 is 2.00 bits per heavy atom. The van der Waals surface area contributed by atoms with Gasteiger partial charge in [0.05, 0.1) is 24.3 Å². The fourth-order valence-electron chi connectivity index (χ4n) is 2.16. The first-order valence-corrected chi connectivity index (χ1v) is 10.1. The summed E-state index contributed by atoms with van der Waals surface area (Å²) in [6.07, 6.45) is 1.59. The Hall–Kier alpha value is -2.19. The van der Waals surface area contributed by atoms with Crippen molar-refractivity contribution in [1.82, 2.24) is 20.1 Å². The van der Waals surface area contributed by atoms with E-state index < -0.39 is 0 Å². The van der Waals surface area contributed by atoms with Crippen LogP contribution < -0.4 is 5.32 Å². The summed E-state index contributed by atoms with van der Waals surface area (Å²) < 4.78 is 7.12. The van der Waals surface area contributed by atoms with Crippen molar-refractivity contribution in [3.05, 3.63) is 59.8 Å². The third-order valence-corrected chi connectivity index (χ3v) is 5.71. The average Bonchev–Trinajstić information content (AvgIpc) is 3.28. The molecule has 0 unspecified atom stereocenters. The summed E-state index contributed by atoms with van der Waals surface area (Å²) in [4.78, 5) is 13.1. The van der Waals surface area contributed by atoms with Crippen molar-refractivity contribution >= 4 is 29.4 Å². The minimum atomic E-state index is -0.0648. The Morgan fingerprint density at radius 3 is 2.73 bits per heavy atom. The van der Waals surface area contributed by atoms with Crippen LogP contribution in [0, 0.1) is 6.92 Å². The standard InChI is InChI=1S/C18H20N4O2S2/c1-13-5-7-15(8-6-13)25-11-16-20-21-18(22(16)2)26-12-17(23)19-10-14-4-3-9-24-14/h3-9H,10-12H2,1-2H3,(H,19,23). The van der Waals surface area contributed by atoms with Gasteiger partial charge in [0, 0.05) is 11.9 Å². The quantitative estimate of drug-likeness (QED) is 0.596. The third-order valence-electron chi connectivity index (χ3n) is 3.69. The van der Waals surface area contributed by atoms with E-state index in [9.17, 15) is 4.79 Å². The van der Waals surface area contributed by atoms with Crippen molar-refractivity contribution < 1.29 is 9.21 Å². The lowest BCUT2D eigenvalue weighted by Gasteiger charge is -2.05. The maximum absolute atomic E-state index is 11.9. The van der Waals surface area contributed by atoms with Crippen LogP contribution in [-0.2, 0) is 24.1 Å². The van der Waals surface area contributed by atoms with Gasteiger partial charge in [-0.3, -0.25) is 4.79 Å². The number of aryl methyl sites for hydroxylation is 1. The zero-order valence-corrected chi connectivity index (χ0v) is 16.3. The van der Waals surface area contributed by atoms with Crippen molar-refractivity contribution in [3.63, 3.8) is 0 Å². The van der Waals surface area contributed by atoms with E-state index in [1.165, 1.54) is 22.2 Å². The van der Waals surface area contributed by atoms with Gasteiger partial charge in [-0.1, -0.05) is 29.5 Å². The molecule has 3 rings (SSSR count). The molecule has 0 aliphatic heterocycles. The SMILES string of the molecule is Cc1ccc(SCc2nnc(SCC(=O)NCc3ccco3)n2C)cc1. The van der Waals surface area contributed by atoms with Crippen LogP contribution in [0.25, 0.3) is 0 Å². The second-order valence-corrected chi connectivity index (χ2v) is 7.70. The molecule has 0 aliphatic rings. The first-order valence-electron chi connectivity index (χ1n) is 8.11. The molecule has 1 amide bonds. The van der Waals surface area contributed by atoms with Gasteiger partial charge < -0.3 is 14.3 Å². The molecule has 0 saturated carbocycles. The van der Waals surface area contributed by atoms with Gasteiger partial charge in [0.1, 0.15) is 11.6 Å². The lowest BCUT2D eigenvalue weighted by molar-refractivity contribution is -0.118. The molecule has 2 heterocycles. The molecule has 0 spiro atoms. The summed E-state index contributed by atoms with van der Waals surface area (Å²) in [5, 5.41) is 12.0. The highest BCUT2D eigenvalue weighted by molar-refractivity contribution is 7.99. The van der Waals surface area contributed by atoms with Crippen LogP contribution in [0.4, 0.5) is 0 Å². The van der Waals surface area contributed by atoms with Crippen molar-refractivity contribution in [3.8, 4) is 0 Å². The third kappa shape index (κ3) is 5.15. The largest absolute Gasteiger partial charge is 0.467 e. The van der Waals surface area contributed by atoms with Gasteiger partial charge >= 0.3 is 0 Å². The molecule has 0 aliphatic carbocycles. The van der Waals surface area contributed by atoms with E-state index in [0.29, 0.717) is 6.54 Å². The molecule has 1 N–H and O–H groups in total. The molecular formula is C18H20N4O2S2. The number of carbonyl (C=O) groups is 1. The number of rotatable bonds is 8. The summed E-state index contributed by atoms with van der Waals surface area (Å²) >= 11 is 3.09. The second-order valence-electron chi connectivity index (χ2n) is 5.70. The lowest BCUT2D eigenvalue weighted by Crippen LogP contribution is -2.24. The number of hydrogen-bond donors (Lipinski definition) is 1. The number of amides is 1. The smallest absolute Gasteiger partial charge is 0.230 e. The zero-order chi connectivity index (χ0) is 18.4. The predicted molar refractivity (Wildman–Crippen MR) is 103 cm³/mol. The highest BCUT2D eigenvalue weighted by Crippen LogP contribution is 2.24. The van der Waals surface area contributed by atoms with E-state index in [4.69, 9.17) is 4.42 Å². The topological polar surface area (TPSA) is 73.0 Å². The minimum absolute atomic E-state index is 0.0648. The first-order chi connectivity index (χ1) is 12.6. The van der Waals surface area contributed by atoms with Gasteiger partial charge in [-0.15, -0.1) is 22.0 Å². The fourth-order valence-corrected chi connectivity index (χ4v) is 3.79. The summed E-state index contributed by atoms with van der Waals surface area (Å²) in [6.45, 7) is 2.47. The molecule has 0 radical (unpaired) electrons. The highest BCUT2D eigenvalue weighted by atomic mass is 32.2. The van der Waals surface area contributed by atoms with Crippen LogP contribution in [0.5, 0.6) is 0 Å². The molecule has 0 bridgehead atoms. The average molecular weight is 389 g/mol. The number of nitrogens with one attached hydrogen (secondary N) is 1. The molecule has 0 saturated heterocycles. The van der Waals surface area contributed by atoms with Gasteiger partial charge in [-0.25, -0.2) is 0 Å². The van der Waals surface area contributed by atoms with Gasteiger partial charge in [-0.2, -0.15) is 0 Å². The van der Waals surface area contributed by atoms with E-state index in [1.807, 2.05) is 17.7 Å². The second kappa shape index (κ2) is 8.95. The van der Waals surface area contributed by atoms with E-state index in [1.54, 1.807) is 24.1 Å². The molecule has 0 fully saturated rings. The Kier molecular flexibility index (Phi) is 6.40. The predicted octanol–water partition coefficient (Wildman–Crippen LogP) is 3.42. The molecule has 136 valence electrons. The monoisotopic (exact) mass is 388 g/mol. The molecule has 6 nitrogen and oxygen atoms in total. The number of carbonyl (C=O) groups excluding carboxylic acids is 1. The minimum Gasteiger partial charge on any atom is -0.467 e. The van der Waals surface area contributed by atoms with Crippen LogP contribution in [0.3, 0.4) is 0 Å². The maximum Gasteiger partial charge on any atom is 0.230 e. The maximum atomic E-state index is 11.9. The van der Waals surface area contributed by atoms with E-state index in [-0.39, 0.29) is 11.7 Å². The highest BCUT2D eigenvalue weighted by Gasteiger charge is 2.12. The molecule has 3 aromatic rings.